The fourth-order valence-corrected chi connectivity index (χ4v) is 2.24. The van der Waals surface area contributed by atoms with Gasteiger partial charge in [0.15, 0.2) is 5.96 Å². The van der Waals surface area contributed by atoms with Gasteiger partial charge in [0.1, 0.15) is 0 Å². The summed E-state index contributed by atoms with van der Waals surface area (Å²) in [5.41, 5.74) is 11.7. The van der Waals surface area contributed by atoms with Crippen LogP contribution in [0.2, 0.25) is 0 Å². The number of anilines is 1. The molecule has 0 aliphatic carbocycles. The lowest BCUT2D eigenvalue weighted by Crippen LogP contribution is -2.22. The highest BCUT2D eigenvalue weighted by Crippen LogP contribution is 2.14. The molecule has 4 nitrogen and oxygen atoms in total. The normalized spacial score (nSPS) is 11.0. The highest BCUT2D eigenvalue weighted by Gasteiger charge is 2.02. The Hall–Kier alpha value is -1.60. The fourth-order valence-electron chi connectivity index (χ4n) is 2.24. The zero-order valence-corrected chi connectivity index (χ0v) is 16.8. The van der Waals surface area contributed by atoms with E-state index in [0.717, 1.165) is 16.8 Å². The van der Waals surface area contributed by atoms with E-state index in [1.165, 1.54) is 11.1 Å². The minimum atomic E-state index is 0. The minimum Gasteiger partial charge on any atom is -0.377 e. The van der Waals surface area contributed by atoms with Gasteiger partial charge in [-0.1, -0.05) is 30.3 Å². The monoisotopic (exact) mass is 439 g/mol. The summed E-state index contributed by atoms with van der Waals surface area (Å²) < 4.78 is 5.49. The molecule has 0 amide bonds. The van der Waals surface area contributed by atoms with Gasteiger partial charge < -0.3 is 15.8 Å². The van der Waals surface area contributed by atoms with Crippen LogP contribution in [0.4, 0.5) is 5.69 Å². The van der Waals surface area contributed by atoms with Crippen molar-refractivity contribution >= 4 is 35.6 Å². The number of ether oxygens (including phenoxy) is 1. The molecule has 130 valence electrons. The van der Waals surface area contributed by atoms with Crippen molar-refractivity contribution in [2.24, 2.45) is 10.7 Å². The molecular formula is C19H26IN3O. The second kappa shape index (κ2) is 10.3. The third-order valence-electron chi connectivity index (χ3n) is 3.78. The fraction of sp³-hybridized carbons (Fsp3) is 0.316. The molecule has 0 aliphatic rings. The maximum Gasteiger partial charge on any atom is 0.193 e. The summed E-state index contributed by atoms with van der Waals surface area (Å²) in [5, 5.41) is 3.14. The van der Waals surface area contributed by atoms with E-state index in [1.807, 2.05) is 25.1 Å². The predicted octanol–water partition coefficient (Wildman–Crippen LogP) is 4.38. The van der Waals surface area contributed by atoms with Crippen molar-refractivity contribution < 1.29 is 4.74 Å². The van der Waals surface area contributed by atoms with Crippen LogP contribution in [0.25, 0.3) is 0 Å². The summed E-state index contributed by atoms with van der Waals surface area (Å²) in [6, 6.07) is 14.3. The summed E-state index contributed by atoms with van der Waals surface area (Å²) in [5.74, 6) is 0.416. The lowest BCUT2D eigenvalue weighted by atomic mass is 10.1. The summed E-state index contributed by atoms with van der Waals surface area (Å²) in [6.07, 6.45) is 0. The number of aryl methyl sites for hydroxylation is 2. The van der Waals surface area contributed by atoms with Gasteiger partial charge in [0, 0.05) is 12.3 Å². The molecule has 2 aromatic rings. The van der Waals surface area contributed by atoms with Crippen LogP contribution in [0.1, 0.15) is 29.2 Å². The maximum absolute atomic E-state index is 6.00. The van der Waals surface area contributed by atoms with Crippen LogP contribution in [0.15, 0.2) is 47.5 Å². The molecule has 0 radical (unpaired) electrons. The molecule has 5 heteroatoms. The number of nitrogens with two attached hydrogens (primary N) is 1. The van der Waals surface area contributed by atoms with E-state index < -0.39 is 0 Å². The van der Waals surface area contributed by atoms with Crippen LogP contribution >= 0.6 is 24.0 Å². The number of aliphatic imine (C=N–C) groups is 1. The molecule has 0 heterocycles. The molecule has 0 aromatic heterocycles. The van der Waals surface area contributed by atoms with E-state index in [9.17, 15) is 0 Å². The minimum absolute atomic E-state index is 0. The first-order valence-electron chi connectivity index (χ1n) is 7.89. The standard InChI is InChI=1S/C19H25N3O.HI/c1-4-23-13-17-8-6-5-7-16(17)12-21-19(20)22-18-10-9-14(2)15(3)11-18;/h5-11H,4,12-13H2,1-3H3,(H3,20,21,22);1H. The lowest BCUT2D eigenvalue weighted by molar-refractivity contribution is 0.133. The molecule has 3 N–H and O–H groups in total. The van der Waals surface area contributed by atoms with Gasteiger partial charge in [-0.05, 0) is 55.2 Å². The van der Waals surface area contributed by atoms with Crippen molar-refractivity contribution in [3.05, 3.63) is 64.7 Å². The van der Waals surface area contributed by atoms with Gasteiger partial charge in [-0.25, -0.2) is 4.99 Å². The quantitative estimate of drug-likeness (QED) is 0.399. The van der Waals surface area contributed by atoms with Crippen LogP contribution in [-0.2, 0) is 17.9 Å². The largest absolute Gasteiger partial charge is 0.377 e. The van der Waals surface area contributed by atoms with E-state index in [1.54, 1.807) is 0 Å². The van der Waals surface area contributed by atoms with Gasteiger partial charge in [-0.2, -0.15) is 0 Å². The van der Waals surface area contributed by atoms with Crippen LogP contribution in [-0.4, -0.2) is 12.6 Å². The van der Waals surface area contributed by atoms with Crippen molar-refractivity contribution in [1.29, 1.82) is 0 Å². The molecule has 2 rings (SSSR count). The molecule has 0 unspecified atom stereocenters. The number of rotatable bonds is 6. The Bertz CT molecular complexity index is 686. The molecule has 24 heavy (non-hydrogen) atoms. The SMILES string of the molecule is CCOCc1ccccc1CN=C(N)Nc1ccc(C)c(C)c1.I. The first-order chi connectivity index (χ1) is 11.1. The Kier molecular flexibility index (Phi) is 8.78. The van der Waals surface area contributed by atoms with Crippen LogP contribution in [0, 0.1) is 13.8 Å². The van der Waals surface area contributed by atoms with Crippen molar-refractivity contribution in [1.82, 2.24) is 0 Å². The number of hydrogen-bond donors (Lipinski definition) is 2. The Morgan fingerprint density at radius 2 is 1.79 bits per heavy atom. The molecule has 0 aliphatic heterocycles. The molecule has 0 saturated heterocycles. The smallest absolute Gasteiger partial charge is 0.193 e. The van der Waals surface area contributed by atoms with Gasteiger partial charge in [0.05, 0.1) is 13.2 Å². The molecule has 0 bridgehead atoms. The number of hydrogen-bond acceptors (Lipinski definition) is 2. The Labute approximate surface area is 161 Å². The zero-order chi connectivity index (χ0) is 16.7. The second-order valence-corrected chi connectivity index (χ2v) is 5.53. The third kappa shape index (κ3) is 6.13. The molecule has 0 atom stereocenters. The summed E-state index contributed by atoms with van der Waals surface area (Å²) in [6.45, 7) is 8.00. The van der Waals surface area contributed by atoms with E-state index in [4.69, 9.17) is 10.5 Å². The first-order valence-corrected chi connectivity index (χ1v) is 7.89. The van der Waals surface area contributed by atoms with E-state index in [-0.39, 0.29) is 24.0 Å². The maximum atomic E-state index is 6.00. The first kappa shape index (κ1) is 20.4. The average Bonchev–Trinajstić information content (AvgIpc) is 2.55. The van der Waals surface area contributed by atoms with Crippen molar-refractivity contribution in [3.63, 3.8) is 0 Å². The highest BCUT2D eigenvalue weighted by molar-refractivity contribution is 14.0. The average molecular weight is 439 g/mol. The highest BCUT2D eigenvalue weighted by atomic mass is 127. The summed E-state index contributed by atoms with van der Waals surface area (Å²) >= 11 is 0. The van der Waals surface area contributed by atoms with Gasteiger partial charge >= 0.3 is 0 Å². The second-order valence-electron chi connectivity index (χ2n) is 5.53. The van der Waals surface area contributed by atoms with Crippen LogP contribution < -0.4 is 11.1 Å². The number of nitrogens with one attached hydrogen (secondary N) is 1. The molecule has 0 saturated carbocycles. The Morgan fingerprint density at radius 3 is 2.46 bits per heavy atom. The van der Waals surface area contributed by atoms with Crippen molar-refractivity contribution in [2.75, 3.05) is 11.9 Å². The third-order valence-corrected chi connectivity index (χ3v) is 3.78. The Balaban J connectivity index is 0.00000288. The summed E-state index contributed by atoms with van der Waals surface area (Å²) in [7, 11) is 0. The van der Waals surface area contributed by atoms with Gasteiger partial charge in [-0.15, -0.1) is 24.0 Å². The molecule has 0 spiro atoms. The zero-order valence-electron chi connectivity index (χ0n) is 14.5. The van der Waals surface area contributed by atoms with Crippen molar-refractivity contribution in [3.8, 4) is 0 Å². The molecule has 2 aromatic carbocycles. The van der Waals surface area contributed by atoms with Crippen LogP contribution in [0.3, 0.4) is 0 Å². The van der Waals surface area contributed by atoms with Gasteiger partial charge in [0.25, 0.3) is 0 Å². The number of guanidine groups is 1. The lowest BCUT2D eigenvalue weighted by Gasteiger charge is -2.10. The number of halogens is 1. The number of nitrogens with zero attached hydrogens (tertiary/aromatic N) is 1. The Morgan fingerprint density at radius 1 is 1.08 bits per heavy atom. The predicted molar refractivity (Wildman–Crippen MR) is 112 cm³/mol. The topological polar surface area (TPSA) is 59.6 Å². The van der Waals surface area contributed by atoms with Crippen LogP contribution in [0.5, 0.6) is 0 Å². The van der Waals surface area contributed by atoms with Gasteiger partial charge in [-0.3, -0.25) is 0 Å². The summed E-state index contributed by atoms with van der Waals surface area (Å²) in [4.78, 5) is 4.44. The van der Waals surface area contributed by atoms with E-state index in [0.29, 0.717) is 25.7 Å². The van der Waals surface area contributed by atoms with E-state index in [2.05, 4.69) is 48.4 Å². The van der Waals surface area contributed by atoms with Crippen molar-refractivity contribution in [2.45, 2.75) is 33.9 Å². The number of benzene rings is 2. The molecular weight excluding hydrogens is 413 g/mol. The molecule has 0 fully saturated rings. The van der Waals surface area contributed by atoms with E-state index >= 15 is 0 Å². The van der Waals surface area contributed by atoms with Gasteiger partial charge in [0.2, 0.25) is 0 Å².